The van der Waals surface area contributed by atoms with Crippen molar-refractivity contribution in [1.29, 1.82) is 0 Å². The number of hydrogen-bond donors (Lipinski definition) is 0. The summed E-state index contributed by atoms with van der Waals surface area (Å²) in [5.74, 6) is 0.124. The predicted octanol–water partition coefficient (Wildman–Crippen LogP) is 1.53. The molecule has 1 aromatic heterocycles. The van der Waals surface area contributed by atoms with Gasteiger partial charge in [-0.3, -0.25) is 9.48 Å². The number of rotatable bonds is 0. The first-order valence-electron chi connectivity index (χ1n) is 5.67. The van der Waals surface area contributed by atoms with Crippen LogP contribution in [0.4, 0.5) is 0 Å². The molecule has 0 aromatic carbocycles. The smallest absolute Gasteiger partial charge is 0.258 e. The molecule has 4 nitrogen and oxygen atoms in total. The highest BCUT2D eigenvalue weighted by Crippen LogP contribution is 2.26. The van der Waals surface area contributed by atoms with Gasteiger partial charge in [-0.1, -0.05) is 0 Å². The quantitative estimate of drug-likeness (QED) is 0.666. The lowest BCUT2D eigenvalue weighted by Crippen LogP contribution is -2.49. The van der Waals surface area contributed by atoms with Crippen molar-refractivity contribution < 1.29 is 4.79 Å². The summed E-state index contributed by atoms with van der Waals surface area (Å²) in [6.07, 6.45) is 0.861. The standard InChI is InChI=1S/C12H19N3O/c1-8-10-9(13-14(8)5)6-7-15(11(10)16)12(2,3)4/h6-7H2,1-5H3. The van der Waals surface area contributed by atoms with Crippen LogP contribution in [0.1, 0.15) is 42.5 Å². The molecule has 88 valence electrons. The number of aryl methyl sites for hydroxylation is 1. The monoisotopic (exact) mass is 221 g/mol. The van der Waals surface area contributed by atoms with Gasteiger partial charge in [-0.05, 0) is 27.7 Å². The number of amides is 1. The summed E-state index contributed by atoms with van der Waals surface area (Å²) in [7, 11) is 1.89. The maximum atomic E-state index is 12.4. The van der Waals surface area contributed by atoms with Gasteiger partial charge >= 0.3 is 0 Å². The highest BCUT2D eigenvalue weighted by atomic mass is 16.2. The maximum Gasteiger partial charge on any atom is 0.258 e. The second kappa shape index (κ2) is 3.34. The minimum absolute atomic E-state index is 0.114. The lowest BCUT2D eigenvalue weighted by molar-refractivity contribution is 0.0560. The van der Waals surface area contributed by atoms with E-state index in [1.807, 2.05) is 18.9 Å². The van der Waals surface area contributed by atoms with Crippen LogP contribution in [-0.4, -0.2) is 32.7 Å². The van der Waals surface area contributed by atoms with Gasteiger partial charge in [0.1, 0.15) is 0 Å². The normalized spacial score (nSPS) is 16.6. The zero-order valence-electron chi connectivity index (χ0n) is 10.7. The molecular formula is C12H19N3O. The van der Waals surface area contributed by atoms with Gasteiger partial charge in [0.2, 0.25) is 0 Å². The van der Waals surface area contributed by atoms with Crippen molar-refractivity contribution in [2.24, 2.45) is 7.05 Å². The number of nitrogens with zero attached hydrogens (tertiary/aromatic N) is 3. The van der Waals surface area contributed by atoms with Crippen LogP contribution in [0.5, 0.6) is 0 Å². The first-order valence-corrected chi connectivity index (χ1v) is 5.67. The van der Waals surface area contributed by atoms with Crippen molar-refractivity contribution in [2.75, 3.05) is 6.54 Å². The fraction of sp³-hybridized carbons (Fsp3) is 0.667. The molecule has 1 aliphatic heterocycles. The number of carbonyl (C=O) groups excluding carboxylic acids is 1. The average molecular weight is 221 g/mol. The van der Waals surface area contributed by atoms with Crippen LogP contribution in [0.2, 0.25) is 0 Å². The van der Waals surface area contributed by atoms with Gasteiger partial charge in [0.05, 0.1) is 11.3 Å². The molecule has 0 bridgehead atoms. The molecule has 0 spiro atoms. The van der Waals surface area contributed by atoms with Gasteiger partial charge < -0.3 is 4.90 Å². The Morgan fingerprint density at radius 2 is 1.94 bits per heavy atom. The van der Waals surface area contributed by atoms with Crippen molar-refractivity contribution in [3.8, 4) is 0 Å². The van der Waals surface area contributed by atoms with E-state index in [2.05, 4.69) is 25.9 Å². The molecule has 16 heavy (non-hydrogen) atoms. The van der Waals surface area contributed by atoms with Crippen molar-refractivity contribution in [2.45, 2.75) is 39.7 Å². The Kier molecular flexibility index (Phi) is 2.33. The molecular weight excluding hydrogens is 202 g/mol. The Morgan fingerprint density at radius 3 is 2.50 bits per heavy atom. The Morgan fingerprint density at radius 1 is 1.31 bits per heavy atom. The van der Waals surface area contributed by atoms with Crippen molar-refractivity contribution in [3.05, 3.63) is 17.0 Å². The minimum atomic E-state index is -0.114. The van der Waals surface area contributed by atoms with E-state index in [0.717, 1.165) is 29.9 Å². The average Bonchev–Trinajstić information content (AvgIpc) is 2.41. The lowest BCUT2D eigenvalue weighted by atomic mass is 9.98. The molecule has 0 fully saturated rings. The van der Waals surface area contributed by atoms with Crippen LogP contribution in [0.15, 0.2) is 0 Å². The van der Waals surface area contributed by atoms with Crippen molar-refractivity contribution in [1.82, 2.24) is 14.7 Å². The van der Waals surface area contributed by atoms with Gasteiger partial charge in [-0.2, -0.15) is 5.10 Å². The number of hydrogen-bond acceptors (Lipinski definition) is 2. The van der Waals surface area contributed by atoms with Crippen LogP contribution < -0.4 is 0 Å². The zero-order valence-corrected chi connectivity index (χ0v) is 10.7. The molecule has 0 unspecified atom stereocenters. The second-order valence-corrected chi connectivity index (χ2v) is 5.41. The van der Waals surface area contributed by atoms with E-state index >= 15 is 0 Å². The van der Waals surface area contributed by atoms with E-state index < -0.39 is 0 Å². The van der Waals surface area contributed by atoms with Crippen LogP contribution >= 0.6 is 0 Å². The van der Waals surface area contributed by atoms with E-state index in [1.54, 1.807) is 4.68 Å². The first-order chi connectivity index (χ1) is 7.32. The summed E-state index contributed by atoms with van der Waals surface area (Å²) in [5, 5.41) is 4.39. The summed E-state index contributed by atoms with van der Waals surface area (Å²) in [4.78, 5) is 14.3. The van der Waals surface area contributed by atoms with Crippen LogP contribution in [0.25, 0.3) is 0 Å². The summed E-state index contributed by atoms with van der Waals surface area (Å²) in [6.45, 7) is 8.94. The molecule has 0 aliphatic carbocycles. The summed E-state index contributed by atoms with van der Waals surface area (Å²) < 4.78 is 1.80. The summed E-state index contributed by atoms with van der Waals surface area (Å²) >= 11 is 0. The van der Waals surface area contributed by atoms with Crippen LogP contribution in [-0.2, 0) is 13.5 Å². The molecule has 0 radical (unpaired) electrons. The van der Waals surface area contributed by atoms with Gasteiger partial charge in [0, 0.05) is 31.2 Å². The van der Waals surface area contributed by atoms with Crippen molar-refractivity contribution in [3.63, 3.8) is 0 Å². The molecule has 1 amide bonds. The van der Waals surface area contributed by atoms with Gasteiger partial charge in [0.25, 0.3) is 5.91 Å². The van der Waals surface area contributed by atoms with Gasteiger partial charge in [-0.25, -0.2) is 0 Å². The molecule has 0 atom stereocenters. The summed E-state index contributed by atoms with van der Waals surface area (Å²) in [6, 6.07) is 0. The third kappa shape index (κ3) is 1.52. The lowest BCUT2D eigenvalue weighted by Gasteiger charge is -2.38. The SMILES string of the molecule is Cc1c2c(nn1C)CCN(C(C)(C)C)C2=O. The van der Waals surface area contributed by atoms with Gasteiger partial charge in [-0.15, -0.1) is 0 Å². The zero-order chi connectivity index (χ0) is 12.1. The van der Waals surface area contributed by atoms with E-state index in [-0.39, 0.29) is 11.4 Å². The first kappa shape index (κ1) is 11.2. The molecule has 4 heteroatoms. The minimum Gasteiger partial charge on any atom is -0.333 e. The van der Waals surface area contributed by atoms with E-state index in [1.165, 1.54) is 0 Å². The highest BCUT2D eigenvalue weighted by molar-refractivity contribution is 5.97. The van der Waals surface area contributed by atoms with Crippen LogP contribution in [0.3, 0.4) is 0 Å². The van der Waals surface area contributed by atoms with E-state index in [9.17, 15) is 4.79 Å². The van der Waals surface area contributed by atoms with E-state index in [4.69, 9.17) is 0 Å². The Balaban J connectivity index is 2.46. The molecule has 0 N–H and O–H groups in total. The highest BCUT2D eigenvalue weighted by Gasteiger charge is 2.35. The number of aromatic nitrogens is 2. The Bertz CT molecular complexity index is 440. The molecule has 1 aliphatic rings. The maximum absolute atomic E-state index is 12.4. The molecule has 2 heterocycles. The summed E-state index contributed by atoms with van der Waals surface area (Å²) in [5.41, 5.74) is 2.61. The molecule has 1 aromatic rings. The topological polar surface area (TPSA) is 38.1 Å². The fourth-order valence-electron chi connectivity index (χ4n) is 2.22. The Hall–Kier alpha value is -1.32. The molecule has 0 saturated heterocycles. The van der Waals surface area contributed by atoms with Gasteiger partial charge in [0.15, 0.2) is 0 Å². The largest absolute Gasteiger partial charge is 0.333 e. The third-order valence-electron chi connectivity index (χ3n) is 3.25. The second-order valence-electron chi connectivity index (χ2n) is 5.41. The Labute approximate surface area is 96.2 Å². The van der Waals surface area contributed by atoms with Crippen molar-refractivity contribution >= 4 is 5.91 Å². The van der Waals surface area contributed by atoms with Crippen LogP contribution in [0, 0.1) is 6.92 Å². The molecule has 2 rings (SSSR count). The third-order valence-corrected chi connectivity index (χ3v) is 3.25. The number of fused-ring (bicyclic) bond motifs is 1. The molecule has 0 saturated carbocycles. The predicted molar refractivity (Wildman–Crippen MR) is 62.4 cm³/mol. The number of carbonyl (C=O) groups is 1. The van der Waals surface area contributed by atoms with E-state index in [0.29, 0.717) is 0 Å². The fourth-order valence-corrected chi connectivity index (χ4v) is 2.22.